The lowest BCUT2D eigenvalue weighted by molar-refractivity contribution is -0.118. The fraction of sp³-hybridized carbons (Fsp3) is 0.154. The Labute approximate surface area is 185 Å². The summed E-state index contributed by atoms with van der Waals surface area (Å²) in [4.78, 5) is 25.8. The zero-order chi connectivity index (χ0) is 22.7. The maximum Gasteiger partial charge on any atom is 0.262 e. The maximum absolute atomic E-state index is 13.3. The van der Waals surface area contributed by atoms with Crippen LogP contribution in [0, 0.1) is 13.8 Å². The lowest BCUT2D eigenvalue weighted by Crippen LogP contribution is -2.23. The number of hydrogen-bond donors (Lipinski definition) is 1. The smallest absolute Gasteiger partial charge is 0.262 e. The zero-order valence-electron chi connectivity index (χ0n) is 18.1. The number of amides is 1. The summed E-state index contributed by atoms with van der Waals surface area (Å²) in [5, 5.41) is 3.15. The molecule has 0 spiro atoms. The SMILES string of the molecule is COc1ccccc1NC(=O)COc1c(-c2ccc(C)cc2)oc2ccc(C)cc2c1=O. The summed E-state index contributed by atoms with van der Waals surface area (Å²) >= 11 is 0. The molecule has 0 radical (unpaired) electrons. The Morgan fingerprint density at radius 1 is 0.969 bits per heavy atom. The molecule has 6 heteroatoms. The third-order valence-electron chi connectivity index (χ3n) is 5.05. The summed E-state index contributed by atoms with van der Waals surface area (Å²) < 4.78 is 17.1. The second kappa shape index (κ2) is 8.98. The molecular formula is C26H23NO5. The first kappa shape index (κ1) is 21.2. The van der Waals surface area contributed by atoms with Crippen molar-refractivity contribution in [1.82, 2.24) is 0 Å². The molecule has 1 aromatic heterocycles. The second-order valence-electron chi connectivity index (χ2n) is 7.49. The molecule has 0 atom stereocenters. The van der Waals surface area contributed by atoms with Gasteiger partial charge in [0.05, 0.1) is 18.2 Å². The lowest BCUT2D eigenvalue weighted by Gasteiger charge is -2.13. The number of nitrogens with one attached hydrogen (secondary N) is 1. The highest BCUT2D eigenvalue weighted by molar-refractivity contribution is 5.93. The Hall–Kier alpha value is -4.06. The standard InChI is InChI=1S/C26H23NO5/c1-16-8-11-18(12-9-16)25-26(24(29)19-14-17(2)10-13-21(19)32-25)31-15-23(28)27-20-6-4-5-7-22(20)30-3/h4-14H,15H2,1-3H3,(H,27,28). The van der Waals surface area contributed by atoms with Crippen molar-refractivity contribution < 1.29 is 18.7 Å². The van der Waals surface area contributed by atoms with Crippen LogP contribution < -0.4 is 20.2 Å². The monoisotopic (exact) mass is 429 g/mol. The van der Waals surface area contributed by atoms with E-state index in [0.29, 0.717) is 28.0 Å². The highest BCUT2D eigenvalue weighted by atomic mass is 16.5. The Morgan fingerprint density at radius 3 is 2.44 bits per heavy atom. The average molecular weight is 429 g/mol. The number of hydrogen-bond acceptors (Lipinski definition) is 5. The van der Waals surface area contributed by atoms with E-state index in [0.717, 1.165) is 11.1 Å². The van der Waals surface area contributed by atoms with Crippen LogP contribution in [0.15, 0.2) is 75.9 Å². The van der Waals surface area contributed by atoms with E-state index in [-0.39, 0.29) is 23.5 Å². The number of carbonyl (C=O) groups excluding carboxylic acids is 1. The molecule has 0 bridgehead atoms. The van der Waals surface area contributed by atoms with Gasteiger partial charge in [-0.1, -0.05) is 53.6 Å². The van der Waals surface area contributed by atoms with Gasteiger partial charge in [-0.2, -0.15) is 0 Å². The summed E-state index contributed by atoms with van der Waals surface area (Å²) in [7, 11) is 1.53. The molecule has 6 nitrogen and oxygen atoms in total. The number of carbonyl (C=O) groups is 1. The highest BCUT2D eigenvalue weighted by Crippen LogP contribution is 2.31. The third-order valence-corrected chi connectivity index (χ3v) is 5.05. The quantitative estimate of drug-likeness (QED) is 0.461. The van der Waals surface area contributed by atoms with Gasteiger partial charge in [0.1, 0.15) is 11.3 Å². The molecule has 0 fully saturated rings. The van der Waals surface area contributed by atoms with Gasteiger partial charge in [-0.05, 0) is 38.1 Å². The van der Waals surface area contributed by atoms with Gasteiger partial charge in [0, 0.05) is 5.56 Å². The summed E-state index contributed by atoms with van der Waals surface area (Å²) in [5.41, 5.74) is 3.34. The number of para-hydroxylation sites is 2. The van der Waals surface area contributed by atoms with Gasteiger partial charge >= 0.3 is 0 Å². The minimum atomic E-state index is -0.423. The van der Waals surface area contributed by atoms with Crippen molar-refractivity contribution in [2.75, 3.05) is 19.0 Å². The van der Waals surface area contributed by atoms with Crippen molar-refractivity contribution in [3.05, 3.63) is 88.1 Å². The van der Waals surface area contributed by atoms with E-state index in [2.05, 4.69) is 5.32 Å². The van der Waals surface area contributed by atoms with Crippen LogP contribution in [0.5, 0.6) is 11.5 Å². The Balaban J connectivity index is 1.69. The fourth-order valence-corrected chi connectivity index (χ4v) is 3.39. The molecule has 1 heterocycles. The fourth-order valence-electron chi connectivity index (χ4n) is 3.39. The van der Waals surface area contributed by atoms with Crippen LogP contribution in [0.2, 0.25) is 0 Å². The summed E-state index contributed by atoms with van der Waals surface area (Å²) in [5.74, 6) is 0.397. The molecule has 4 rings (SSSR count). The van der Waals surface area contributed by atoms with E-state index in [4.69, 9.17) is 13.9 Å². The van der Waals surface area contributed by atoms with Gasteiger partial charge in [0.25, 0.3) is 5.91 Å². The molecule has 0 aliphatic heterocycles. The first-order chi connectivity index (χ1) is 15.5. The van der Waals surface area contributed by atoms with Crippen LogP contribution in [0.4, 0.5) is 5.69 Å². The van der Waals surface area contributed by atoms with E-state index in [1.54, 1.807) is 36.4 Å². The number of aryl methyl sites for hydroxylation is 2. The number of fused-ring (bicyclic) bond motifs is 1. The molecule has 0 aliphatic carbocycles. The van der Waals surface area contributed by atoms with Crippen LogP contribution >= 0.6 is 0 Å². The molecule has 3 aromatic carbocycles. The number of ether oxygens (including phenoxy) is 2. The molecule has 162 valence electrons. The molecule has 0 unspecified atom stereocenters. The topological polar surface area (TPSA) is 77.8 Å². The second-order valence-corrected chi connectivity index (χ2v) is 7.49. The van der Waals surface area contributed by atoms with Gasteiger partial charge in [-0.3, -0.25) is 9.59 Å². The van der Waals surface area contributed by atoms with Crippen molar-refractivity contribution in [1.29, 1.82) is 0 Å². The van der Waals surface area contributed by atoms with E-state index in [1.165, 1.54) is 7.11 Å². The maximum atomic E-state index is 13.3. The van der Waals surface area contributed by atoms with E-state index in [9.17, 15) is 9.59 Å². The minimum Gasteiger partial charge on any atom is -0.495 e. The largest absolute Gasteiger partial charge is 0.495 e. The highest BCUT2D eigenvalue weighted by Gasteiger charge is 2.19. The molecular weight excluding hydrogens is 406 g/mol. The van der Waals surface area contributed by atoms with Crippen LogP contribution in [0.1, 0.15) is 11.1 Å². The minimum absolute atomic E-state index is 0.00197. The van der Waals surface area contributed by atoms with Crippen molar-refractivity contribution in [2.24, 2.45) is 0 Å². The Morgan fingerprint density at radius 2 is 1.69 bits per heavy atom. The Kier molecular flexibility index (Phi) is 5.94. The van der Waals surface area contributed by atoms with Gasteiger partial charge in [0.15, 0.2) is 12.4 Å². The summed E-state index contributed by atoms with van der Waals surface area (Å²) in [6.45, 7) is 3.51. The van der Waals surface area contributed by atoms with E-state index >= 15 is 0 Å². The van der Waals surface area contributed by atoms with Gasteiger partial charge in [-0.15, -0.1) is 0 Å². The van der Waals surface area contributed by atoms with E-state index in [1.807, 2.05) is 44.2 Å². The van der Waals surface area contributed by atoms with Crippen molar-refractivity contribution in [3.8, 4) is 22.8 Å². The molecule has 0 aliphatic rings. The van der Waals surface area contributed by atoms with Crippen LogP contribution in [0.25, 0.3) is 22.3 Å². The number of rotatable bonds is 6. The molecule has 4 aromatic rings. The molecule has 1 amide bonds. The van der Waals surface area contributed by atoms with Crippen molar-refractivity contribution >= 4 is 22.6 Å². The third kappa shape index (κ3) is 4.34. The first-order valence-electron chi connectivity index (χ1n) is 10.2. The van der Waals surface area contributed by atoms with E-state index < -0.39 is 5.91 Å². The zero-order valence-corrected chi connectivity index (χ0v) is 18.1. The molecule has 1 N–H and O–H groups in total. The van der Waals surface area contributed by atoms with Crippen LogP contribution in [-0.4, -0.2) is 19.6 Å². The Bertz CT molecular complexity index is 1340. The molecule has 32 heavy (non-hydrogen) atoms. The summed E-state index contributed by atoms with van der Waals surface area (Å²) in [6.07, 6.45) is 0. The molecule has 0 saturated carbocycles. The number of anilines is 1. The first-order valence-corrected chi connectivity index (χ1v) is 10.2. The predicted molar refractivity (Wildman–Crippen MR) is 125 cm³/mol. The van der Waals surface area contributed by atoms with Crippen LogP contribution in [0.3, 0.4) is 0 Å². The predicted octanol–water partition coefficient (Wildman–Crippen LogP) is 5.10. The molecule has 0 saturated heterocycles. The number of methoxy groups -OCH3 is 1. The van der Waals surface area contributed by atoms with Gasteiger partial charge < -0.3 is 19.2 Å². The summed E-state index contributed by atoms with van der Waals surface area (Å²) in [6, 6.07) is 20.0. The van der Waals surface area contributed by atoms with Crippen LogP contribution in [-0.2, 0) is 4.79 Å². The lowest BCUT2D eigenvalue weighted by atomic mass is 10.1. The van der Waals surface area contributed by atoms with Crippen molar-refractivity contribution in [2.45, 2.75) is 13.8 Å². The number of benzene rings is 3. The van der Waals surface area contributed by atoms with Gasteiger partial charge in [-0.25, -0.2) is 0 Å². The van der Waals surface area contributed by atoms with Gasteiger partial charge in [0.2, 0.25) is 11.2 Å². The van der Waals surface area contributed by atoms with Crippen molar-refractivity contribution in [3.63, 3.8) is 0 Å². The normalized spacial score (nSPS) is 10.7. The average Bonchev–Trinajstić information content (AvgIpc) is 2.79.